The van der Waals surface area contributed by atoms with Crippen LogP contribution in [0.2, 0.25) is 5.02 Å². The summed E-state index contributed by atoms with van der Waals surface area (Å²) in [6.45, 7) is 12.0. The normalized spacial score (nSPS) is 24.4. The summed E-state index contributed by atoms with van der Waals surface area (Å²) in [7, 11) is 0. The van der Waals surface area contributed by atoms with Gasteiger partial charge in [-0.2, -0.15) is 5.26 Å². The summed E-state index contributed by atoms with van der Waals surface area (Å²) in [4.78, 5) is 68.9. The number of benzene rings is 2. The van der Waals surface area contributed by atoms with Crippen molar-refractivity contribution in [2.24, 2.45) is 5.41 Å². The van der Waals surface area contributed by atoms with E-state index in [-0.39, 0.29) is 18.7 Å². The van der Waals surface area contributed by atoms with Crippen molar-refractivity contribution in [1.29, 1.82) is 5.26 Å². The number of anilines is 3. The molecule has 6 aliphatic heterocycles. The minimum atomic E-state index is -0.959. The Morgan fingerprint density at radius 1 is 0.828 bits per heavy atom. The van der Waals surface area contributed by atoms with Crippen LogP contribution in [0.5, 0.6) is 0 Å². The van der Waals surface area contributed by atoms with Gasteiger partial charge in [0.15, 0.2) is 0 Å². The Hall–Kier alpha value is -5.03. The Kier molecular flexibility index (Phi) is 10.4. The number of nitriles is 1. The van der Waals surface area contributed by atoms with E-state index in [0.717, 1.165) is 113 Å². The fourth-order valence-electron chi connectivity index (χ4n) is 10.4. The molecule has 1 aromatic heterocycles. The molecule has 9 rings (SSSR count). The molecule has 6 aliphatic rings. The Balaban J connectivity index is 0.720. The Bertz CT molecular complexity index is 2150. The first-order chi connectivity index (χ1) is 28.1. The van der Waals surface area contributed by atoms with Crippen LogP contribution in [0.1, 0.15) is 83.8 Å². The highest BCUT2D eigenvalue weighted by Gasteiger charge is 2.46. The number of piperazine rings is 1. The smallest absolute Gasteiger partial charge is 0.262 e. The number of rotatable bonds is 7. The molecule has 0 saturated carbocycles. The molecule has 5 fully saturated rings. The zero-order chi connectivity index (χ0) is 40.1. The van der Waals surface area contributed by atoms with E-state index in [2.05, 4.69) is 61.1 Å². The fourth-order valence-corrected chi connectivity index (χ4v) is 10.6. The number of hydrogen-bond donors (Lipinski definition) is 1. The number of amides is 4. The first kappa shape index (κ1) is 38.5. The number of hydrogen-bond acceptors (Lipinski definition) is 11. The van der Waals surface area contributed by atoms with E-state index in [1.807, 2.05) is 24.3 Å². The third kappa shape index (κ3) is 7.31. The van der Waals surface area contributed by atoms with Crippen molar-refractivity contribution in [1.82, 2.24) is 25.0 Å². The molecule has 58 heavy (non-hydrogen) atoms. The van der Waals surface area contributed by atoms with E-state index >= 15 is 0 Å². The molecule has 7 heterocycles. The molecule has 0 aliphatic carbocycles. The van der Waals surface area contributed by atoms with Gasteiger partial charge in [0.2, 0.25) is 11.8 Å². The SMILES string of the molecule is C[C@H]1CC2(CCN(c3ccc(CN4CCN(C5CCN(c6ccc7c(c6)C(=O)N(C6CCC(=O)NC6=O)C7=O)CC5)CC4)nc3)CC2)CN1c1ccc(C#N)c(Cl)c1. The zero-order valence-electron chi connectivity index (χ0n) is 33.0. The largest absolute Gasteiger partial charge is 0.371 e. The maximum absolute atomic E-state index is 13.4. The van der Waals surface area contributed by atoms with Crippen LogP contribution in [0.3, 0.4) is 0 Å². The monoisotopic (exact) mass is 803 g/mol. The standard InChI is InChI=1S/C44H50ClN9O4/c1-29-24-44(28-53(29)34-4-2-30(25-46)38(45)23-34)12-16-51(17-13-44)35-5-3-31(47-26-35)27-49-18-20-52(21-19-49)32-10-14-50(15-11-32)33-6-7-36-37(22-33)43(58)54(42(36)57)39-8-9-40(55)48-41(39)56/h2-7,22-23,26,29,32,39H,8-21,24,27-28H2,1H3,(H,48,55,56)/t29-,39?/m0/s1. The first-order valence-corrected chi connectivity index (χ1v) is 21.2. The van der Waals surface area contributed by atoms with Crippen molar-refractivity contribution in [2.75, 3.05) is 73.6 Å². The number of aromatic nitrogens is 1. The first-order valence-electron chi connectivity index (χ1n) is 20.8. The Morgan fingerprint density at radius 3 is 2.22 bits per heavy atom. The van der Waals surface area contributed by atoms with Crippen molar-refractivity contribution < 1.29 is 19.2 Å². The van der Waals surface area contributed by atoms with Gasteiger partial charge in [-0.25, -0.2) is 0 Å². The van der Waals surface area contributed by atoms with E-state index < -0.39 is 23.8 Å². The summed E-state index contributed by atoms with van der Waals surface area (Å²) in [6.07, 6.45) is 7.82. The molecule has 0 bridgehead atoms. The van der Waals surface area contributed by atoms with E-state index in [9.17, 15) is 24.4 Å². The summed E-state index contributed by atoms with van der Waals surface area (Å²) in [5.74, 6) is -1.92. The van der Waals surface area contributed by atoms with Gasteiger partial charge in [-0.3, -0.25) is 44.2 Å². The topological polar surface area (TPSA) is 136 Å². The average molecular weight is 804 g/mol. The molecule has 2 aromatic carbocycles. The number of carbonyl (C=O) groups excluding carboxylic acids is 4. The quantitative estimate of drug-likeness (QED) is 0.334. The molecule has 1 N–H and O–H groups in total. The van der Waals surface area contributed by atoms with Crippen LogP contribution in [0, 0.1) is 16.7 Å². The average Bonchev–Trinajstić information content (AvgIpc) is 3.69. The van der Waals surface area contributed by atoms with Gasteiger partial charge in [0, 0.05) is 95.3 Å². The number of pyridine rings is 1. The number of imide groups is 2. The van der Waals surface area contributed by atoms with E-state index in [4.69, 9.17) is 16.6 Å². The molecule has 4 amide bonds. The van der Waals surface area contributed by atoms with Crippen LogP contribution in [0.25, 0.3) is 0 Å². The number of fused-ring (bicyclic) bond motifs is 1. The molecule has 2 atom stereocenters. The van der Waals surface area contributed by atoms with Gasteiger partial charge < -0.3 is 14.7 Å². The lowest BCUT2D eigenvalue weighted by Crippen LogP contribution is -2.54. The van der Waals surface area contributed by atoms with E-state index in [1.54, 1.807) is 12.1 Å². The highest BCUT2D eigenvalue weighted by atomic mass is 35.5. The summed E-state index contributed by atoms with van der Waals surface area (Å²) >= 11 is 6.39. The number of carbonyl (C=O) groups is 4. The lowest BCUT2D eigenvalue weighted by atomic mass is 9.76. The van der Waals surface area contributed by atoms with Gasteiger partial charge in [-0.05, 0) is 99.4 Å². The zero-order valence-corrected chi connectivity index (χ0v) is 33.8. The van der Waals surface area contributed by atoms with Gasteiger partial charge in [-0.15, -0.1) is 0 Å². The molecule has 1 unspecified atom stereocenters. The number of nitrogens with one attached hydrogen (secondary N) is 1. The van der Waals surface area contributed by atoms with Crippen LogP contribution < -0.4 is 20.0 Å². The summed E-state index contributed by atoms with van der Waals surface area (Å²) < 4.78 is 0. The van der Waals surface area contributed by atoms with Crippen LogP contribution in [-0.4, -0.2) is 120 Å². The number of halogens is 1. The molecular formula is C44H50ClN9O4. The van der Waals surface area contributed by atoms with E-state index in [1.165, 1.54) is 12.1 Å². The molecule has 0 radical (unpaired) electrons. The van der Waals surface area contributed by atoms with Gasteiger partial charge in [0.05, 0.1) is 39.3 Å². The number of piperidine rings is 3. The van der Waals surface area contributed by atoms with E-state index in [0.29, 0.717) is 39.2 Å². The molecule has 302 valence electrons. The molecule has 5 saturated heterocycles. The van der Waals surface area contributed by atoms with Gasteiger partial charge in [-0.1, -0.05) is 11.6 Å². The molecule has 14 heteroatoms. The van der Waals surface area contributed by atoms with Crippen LogP contribution in [-0.2, 0) is 16.1 Å². The third-order valence-corrected chi connectivity index (χ3v) is 14.0. The molecule has 3 aromatic rings. The highest BCUT2D eigenvalue weighted by molar-refractivity contribution is 6.32. The third-order valence-electron chi connectivity index (χ3n) is 13.7. The lowest BCUT2D eigenvalue weighted by Gasteiger charge is -2.43. The fraction of sp³-hybridized carbons (Fsp3) is 0.500. The lowest BCUT2D eigenvalue weighted by molar-refractivity contribution is -0.136. The second-order valence-corrected chi connectivity index (χ2v) is 17.6. The van der Waals surface area contributed by atoms with Gasteiger partial charge in [0.25, 0.3) is 11.8 Å². The maximum atomic E-state index is 13.4. The van der Waals surface area contributed by atoms with Crippen LogP contribution >= 0.6 is 11.6 Å². The summed E-state index contributed by atoms with van der Waals surface area (Å²) in [6, 6.07) is 17.8. The molecule has 1 spiro atoms. The van der Waals surface area contributed by atoms with Gasteiger partial charge >= 0.3 is 0 Å². The minimum Gasteiger partial charge on any atom is -0.371 e. The van der Waals surface area contributed by atoms with Crippen molar-refractivity contribution in [2.45, 2.75) is 76.5 Å². The van der Waals surface area contributed by atoms with Crippen molar-refractivity contribution in [3.8, 4) is 6.07 Å². The Labute approximate surface area is 344 Å². The second-order valence-electron chi connectivity index (χ2n) is 17.2. The van der Waals surface area contributed by atoms with Crippen molar-refractivity contribution in [3.05, 3.63) is 82.1 Å². The predicted octanol–water partition coefficient (Wildman–Crippen LogP) is 4.68. The van der Waals surface area contributed by atoms with Gasteiger partial charge in [0.1, 0.15) is 12.1 Å². The van der Waals surface area contributed by atoms with Crippen LogP contribution in [0.4, 0.5) is 17.1 Å². The number of nitrogens with zero attached hydrogens (tertiary/aromatic N) is 8. The minimum absolute atomic E-state index is 0.103. The predicted molar refractivity (Wildman–Crippen MR) is 221 cm³/mol. The van der Waals surface area contributed by atoms with Crippen molar-refractivity contribution >= 4 is 52.3 Å². The highest BCUT2D eigenvalue weighted by Crippen LogP contribution is 2.46. The molecule has 13 nitrogen and oxygen atoms in total. The second kappa shape index (κ2) is 15.6. The van der Waals surface area contributed by atoms with Crippen molar-refractivity contribution in [3.63, 3.8) is 0 Å². The summed E-state index contributed by atoms with van der Waals surface area (Å²) in [5, 5.41) is 12.1. The maximum Gasteiger partial charge on any atom is 0.262 e. The van der Waals surface area contributed by atoms with Crippen LogP contribution in [0.15, 0.2) is 54.7 Å². The Morgan fingerprint density at radius 2 is 1.53 bits per heavy atom. The molecular weight excluding hydrogens is 754 g/mol. The summed E-state index contributed by atoms with van der Waals surface area (Å²) in [5.41, 5.74) is 5.78.